The van der Waals surface area contributed by atoms with E-state index in [4.69, 9.17) is 10.9 Å². The van der Waals surface area contributed by atoms with E-state index in [2.05, 4.69) is 14.6 Å². The standard InChI is InChI=1S/C5H14N4O3S/c1-2-3-7-13(11,12)8-4-5(6)9-10/h7-8,10H,2-4H2,1H3,(H2,6,9). The first-order chi connectivity index (χ1) is 6.02. The number of amidine groups is 1. The Hall–Kier alpha value is -0.860. The lowest BCUT2D eigenvalue weighted by atomic mass is 10.5. The first kappa shape index (κ1) is 12.1. The second-order valence-corrected chi connectivity index (χ2v) is 3.89. The Morgan fingerprint density at radius 1 is 1.54 bits per heavy atom. The minimum atomic E-state index is -3.52. The Morgan fingerprint density at radius 3 is 2.62 bits per heavy atom. The summed E-state index contributed by atoms with van der Waals surface area (Å²) in [6.45, 7) is 1.98. The van der Waals surface area contributed by atoms with Crippen molar-refractivity contribution in [3.05, 3.63) is 0 Å². The minimum Gasteiger partial charge on any atom is -0.409 e. The largest absolute Gasteiger partial charge is 0.409 e. The van der Waals surface area contributed by atoms with Gasteiger partial charge >= 0.3 is 0 Å². The summed E-state index contributed by atoms with van der Waals surface area (Å²) < 4.78 is 26.3. The molecule has 0 aliphatic rings. The lowest BCUT2D eigenvalue weighted by Gasteiger charge is -2.05. The lowest BCUT2D eigenvalue weighted by molar-refractivity contribution is 0.317. The first-order valence-electron chi connectivity index (χ1n) is 3.72. The summed E-state index contributed by atoms with van der Waals surface area (Å²) in [7, 11) is -3.52. The Kier molecular flexibility index (Phi) is 5.35. The van der Waals surface area contributed by atoms with Crippen molar-refractivity contribution in [2.24, 2.45) is 10.9 Å². The van der Waals surface area contributed by atoms with E-state index in [0.29, 0.717) is 13.0 Å². The van der Waals surface area contributed by atoms with Crippen LogP contribution in [0.5, 0.6) is 0 Å². The SMILES string of the molecule is CCCNS(=O)(=O)NCC(N)=NO. The average Bonchev–Trinajstić information content (AvgIpc) is 2.11. The van der Waals surface area contributed by atoms with Gasteiger partial charge in [0, 0.05) is 6.54 Å². The van der Waals surface area contributed by atoms with Gasteiger partial charge in [0.1, 0.15) is 0 Å². The highest BCUT2D eigenvalue weighted by atomic mass is 32.2. The summed E-state index contributed by atoms with van der Waals surface area (Å²) in [6, 6.07) is 0. The van der Waals surface area contributed by atoms with Crippen molar-refractivity contribution in [2.75, 3.05) is 13.1 Å². The number of hydrogen-bond donors (Lipinski definition) is 4. The summed E-state index contributed by atoms with van der Waals surface area (Å²) in [5, 5.41) is 10.7. The third-order valence-electron chi connectivity index (χ3n) is 1.11. The molecule has 0 aromatic heterocycles. The zero-order valence-electron chi connectivity index (χ0n) is 7.32. The van der Waals surface area contributed by atoms with Crippen LogP contribution in [0.2, 0.25) is 0 Å². The van der Waals surface area contributed by atoms with Crippen LogP contribution in [0.1, 0.15) is 13.3 Å². The zero-order valence-corrected chi connectivity index (χ0v) is 8.13. The maximum atomic E-state index is 11.0. The molecule has 0 rings (SSSR count). The fraction of sp³-hybridized carbons (Fsp3) is 0.800. The summed E-state index contributed by atoms with van der Waals surface area (Å²) in [6.07, 6.45) is 0.699. The monoisotopic (exact) mass is 210 g/mol. The predicted molar refractivity (Wildman–Crippen MR) is 48.6 cm³/mol. The summed E-state index contributed by atoms with van der Waals surface area (Å²) in [5.41, 5.74) is 5.05. The number of nitrogens with two attached hydrogens (primary N) is 1. The van der Waals surface area contributed by atoms with Crippen LogP contribution in [0.4, 0.5) is 0 Å². The fourth-order valence-electron chi connectivity index (χ4n) is 0.492. The van der Waals surface area contributed by atoms with E-state index in [-0.39, 0.29) is 12.4 Å². The summed E-state index contributed by atoms with van der Waals surface area (Å²) in [5.74, 6) is -0.193. The molecule has 13 heavy (non-hydrogen) atoms. The van der Waals surface area contributed by atoms with Gasteiger partial charge in [-0.25, -0.2) is 4.72 Å². The lowest BCUT2D eigenvalue weighted by Crippen LogP contribution is -2.41. The number of hydrogen-bond acceptors (Lipinski definition) is 4. The molecule has 0 spiro atoms. The number of oxime groups is 1. The van der Waals surface area contributed by atoms with Crippen molar-refractivity contribution >= 4 is 16.0 Å². The molecule has 0 saturated heterocycles. The van der Waals surface area contributed by atoms with E-state index >= 15 is 0 Å². The molecule has 0 aliphatic heterocycles. The van der Waals surface area contributed by atoms with Gasteiger partial charge in [0.15, 0.2) is 5.84 Å². The topological polar surface area (TPSA) is 117 Å². The molecule has 0 aromatic rings. The van der Waals surface area contributed by atoms with E-state index < -0.39 is 10.2 Å². The van der Waals surface area contributed by atoms with Gasteiger partial charge in [-0.15, -0.1) is 0 Å². The van der Waals surface area contributed by atoms with Crippen LogP contribution in [0, 0.1) is 0 Å². The van der Waals surface area contributed by atoms with Crippen molar-refractivity contribution in [1.82, 2.24) is 9.44 Å². The van der Waals surface area contributed by atoms with Crippen molar-refractivity contribution < 1.29 is 13.6 Å². The number of nitrogens with zero attached hydrogens (tertiary/aromatic N) is 1. The van der Waals surface area contributed by atoms with E-state index in [1.807, 2.05) is 6.92 Å². The Morgan fingerprint density at radius 2 is 2.15 bits per heavy atom. The Balaban J connectivity index is 3.90. The average molecular weight is 210 g/mol. The molecule has 0 bridgehead atoms. The van der Waals surface area contributed by atoms with Crippen LogP contribution in [0.3, 0.4) is 0 Å². The third-order valence-corrected chi connectivity index (χ3v) is 2.22. The molecule has 7 nitrogen and oxygen atoms in total. The molecule has 0 radical (unpaired) electrons. The molecule has 0 heterocycles. The van der Waals surface area contributed by atoms with Crippen molar-refractivity contribution in [3.63, 3.8) is 0 Å². The third kappa shape index (κ3) is 6.31. The van der Waals surface area contributed by atoms with E-state index in [1.165, 1.54) is 0 Å². The molecule has 0 aromatic carbocycles. The molecule has 0 saturated carbocycles. The maximum Gasteiger partial charge on any atom is 0.277 e. The Labute approximate surface area is 77.2 Å². The first-order valence-corrected chi connectivity index (χ1v) is 5.20. The van der Waals surface area contributed by atoms with Crippen LogP contribution < -0.4 is 15.2 Å². The number of rotatable bonds is 6. The number of nitrogens with one attached hydrogen (secondary N) is 2. The van der Waals surface area contributed by atoms with Crippen LogP contribution in [0.25, 0.3) is 0 Å². The fourth-order valence-corrected chi connectivity index (χ4v) is 1.40. The van der Waals surface area contributed by atoms with Crippen LogP contribution in [-0.4, -0.2) is 32.6 Å². The summed E-state index contributed by atoms with van der Waals surface area (Å²) in [4.78, 5) is 0. The summed E-state index contributed by atoms with van der Waals surface area (Å²) >= 11 is 0. The van der Waals surface area contributed by atoms with Crippen LogP contribution in [-0.2, 0) is 10.2 Å². The molecular weight excluding hydrogens is 196 g/mol. The highest BCUT2D eigenvalue weighted by Gasteiger charge is 2.07. The molecule has 0 amide bonds. The van der Waals surface area contributed by atoms with Crippen molar-refractivity contribution in [3.8, 4) is 0 Å². The molecule has 8 heteroatoms. The highest BCUT2D eigenvalue weighted by molar-refractivity contribution is 7.87. The highest BCUT2D eigenvalue weighted by Crippen LogP contribution is 1.78. The van der Waals surface area contributed by atoms with Gasteiger partial charge in [0.25, 0.3) is 10.2 Å². The Bertz CT molecular complexity index is 261. The van der Waals surface area contributed by atoms with Gasteiger partial charge in [-0.2, -0.15) is 13.1 Å². The van der Waals surface area contributed by atoms with Gasteiger partial charge in [-0.05, 0) is 6.42 Å². The van der Waals surface area contributed by atoms with Crippen LogP contribution in [0.15, 0.2) is 5.16 Å². The van der Waals surface area contributed by atoms with Crippen molar-refractivity contribution in [1.29, 1.82) is 0 Å². The zero-order chi connectivity index (χ0) is 10.3. The molecule has 5 N–H and O–H groups in total. The maximum absolute atomic E-state index is 11.0. The second kappa shape index (κ2) is 5.73. The van der Waals surface area contributed by atoms with Crippen molar-refractivity contribution in [2.45, 2.75) is 13.3 Å². The molecule has 78 valence electrons. The van der Waals surface area contributed by atoms with E-state index in [0.717, 1.165) is 0 Å². The van der Waals surface area contributed by atoms with Gasteiger partial charge in [-0.3, -0.25) is 0 Å². The van der Waals surface area contributed by atoms with Crippen LogP contribution >= 0.6 is 0 Å². The molecule has 0 atom stereocenters. The van der Waals surface area contributed by atoms with Gasteiger partial charge < -0.3 is 10.9 Å². The smallest absolute Gasteiger partial charge is 0.277 e. The second-order valence-electron chi connectivity index (χ2n) is 2.31. The normalized spacial score (nSPS) is 13.2. The van der Waals surface area contributed by atoms with Gasteiger partial charge in [-0.1, -0.05) is 12.1 Å². The van der Waals surface area contributed by atoms with E-state index in [9.17, 15) is 8.42 Å². The quantitative estimate of drug-likeness (QED) is 0.186. The predicted octanol–water partition coefficient (Wildman–Crippen LogP) is -1.43. The molecule has 0 unspecified atom stereocenters. The molecular formula is C5H14N4O3S. The van der Waals surface area contributed by atoms with Gasteiger partial charge in [0.05, 0.1) is 6.54 Å². The molecule has 0 aliphatic carbocycles. The van der Waals surface area contributed by atoms with Gasteiger partial charge in [0.2, 0.25) is 0 Å². The van der Waals surface area contributed by atoms with E-state index in [1.54, 1.807) is 0 Å². The minimum absolute atomic E-state index is 0.193. The molecule has 0 fully saturated rings.